The molecule has 2 aliphatic rings. The lowest BCUT2D eigenvalue weighted by molar-refractivity contribution is -0.137. The molecule has 2 amide bonds. The quantitative estimate of drug-likeness (QED) is 0.730. The Kier molecular flexibility index (Phi) is 6.05. The maximum atomic E-state index is 12.2. The summed E-state index contributed by atoms with van der Waals surface area (Å²) in [5, 5.41) is 3.03. The van der Waals surface area contributed by atoms with E-state index in [2.05, 4.69) is 5.32 Å². The number of rotatable bonds is 6. The van der Waals surface area contributed by atoms with Crippen molar-refractivity contribution in [3.05, 3.63) is 22.7 Å². The average molecular weight is 397 g/mol. The summed E-state index contributed by atoms with van der Waals surface area (Å²) < 4.78 is 16.1. The highest BCUT2D eigenvalue weighted by molar-refractivity contribution is 6.32. The van der Waals surface area contributed by atoms with Gasteiger partial charge < -0.3 is 24.4 Å². The van der Waals surface area contributed by atoms with E-state index < -0.39 is 18.5 Å². The molecule has 0 saturated heterocycles. The number of fused-ring (bicyclic) bond motifs is 1. The summed E-state index contributed by atoms with van der Waals surface area (Å²) in [4.78, 5) is 37.2. The zero-order valence-electron chi connectivity index (χ0n) is 15.0. The van der Waals surface area contributed by atoms with Crippen LogP contribution in [0.4, 0.5) is 0 Å². The third kappa shape index (κ3) is 5.26. The van der Waals surface area contributed by atoms with Crippen LogP contribution in [0.15, 0.2) is 12.1 Å². The van der Waals surface area contributed by atoms with Crippen LogP contribution in [-0.2, 0) is 14.3 Å². The van der Waals surface area contributed by atoms with Crippen molar-refractivity contribution in [3.8, 4) is 11.5 Å². The number of benzene rings is 1. The van der Waals surface area contributed by atoms with Crippen molar-refractivity contribution < 1.29 is 28.6 Å². The lowest BCUT2D eigenvalue weighted by atomic mass is 10.2. The van der Waals surface area contributed by atoms with E-state index >= 15 is 0 Å². The third-order valence-corrected chi connectivity index (χ3v) is 4.39. The van der Waals surface area contributed by atoms with Gasteiger partial charge in [-0.3, -0.25) is 9.59 Å². The van der Waals surface area contributed by atoms with Gasteiger partial charge in [0.25, 0.3) is 5.91 Å². The Labute approximate surface area is 161 Å². The van der Waals surface area contributed by atoms with Crippen LogP contribution in [0.5, 0.6) is 11.5 Å². The first-order valence-corrected chi connectivity index (χ1v) is 9.11. The molecule has 0 atom stereocenters. The molecule has 146 valence electrons. The van der Waals surface area contributed by atoms with Crippen LogP contribution in [0.2, 0.25) is 5.02 Å². The number of hydrogen-bond donors (Lipinski definition) is 1. The lowest BCUT2D eigenvalue weighted by Crippen LogP contribution is -2.40. The Morgan fingerprint density at radius 2 is 2.00 bits per heavy atom. The largest absolute Gasteiger partial charge is 0.489 e. The molecule has 8 nitrogen and oxygen atoms in total. The molecule has 1 aromatic rings. The van der Waals surface area contributed by atoms with Gasteiger partial charge in [0.1, 0.15) is 0 Å². The van der Waals surface area contributed by atoms with E-state index in [1.54, 1.807) is 0 Å². The summed E-state index contributed by atoms with van der Waals surface area (Å²) in [5.41, 5.74) is 0.158. The van der Waals surface area contributed by atoms with Gasteiger partial charge >= 0.3 is 5.97 Å². The first-order chi connectivity index (χ1) is 12.9. The molecule has 9 heteroatoms. The van der Waals surface area contributed by atoms with Gasteiger partial charge in [-0.05, 0) is 25.0 Å². The summed E-state index contributed by atoms with van der Waals surface area (Å²) in [5.74, 6) is -0.656. The van der Waals surface area contributed by atoms with Crippen molar-refractivity contribution in [1.82, 2.24) is 10.2 Å². The van der Waals surface area contributed by atoms with E-state index in [0.717, 1.165) is 12.8 Å². The van der Waals surface area contributed by atoms with Crippen molar-refractivity contribution in [2.75, 3.05) is 33.4 Å². The number of nitrogens with one attached hydrogen (secondary N) is 1. The summed E-state index contributed by atoms with van der Waals surface area (Å²) >= 11 is 6.15. The molecule has 0 aromatic heterocycles. The number of carbonyl (C=O) groups excluding carboxylic acids is 3. The third-order valence-electron chi connectivity index (χ3n) is 4.11. The Bertz CT molecular complexity index is 750. The number of halogens is 1. The van der Waals surface area contributed by atoms with E-state index in [0.29, 0.717) is 31.1 Å². The minimum Gasteiger partial charge on any atom is -0.489 e. The summed E-state index contributed by atoms with van der Waals surface area (Å²) in [7, 11) is 1.48. The van der Waals surface area contributed by atoms with Crippen LogP contribution in [-0.4, -0.2) is 62.1 Å². The minimum atomic E-state index is -0.711. The summed E-state index contributed by atoms with van der Waals surface area (Å²) in [6.07, 6.45) is 2.65. The Morgan fingerprint density at radius 1 is 1.26 bits per heavy atom. The van der Waals surface area contributed by atoms with Crippen LogP contribution in [0.3, 0.4) is 0 Å². The molecular weight excluding hydrogens is 376 g/mol. The zero-order chi connectivity index (χ0) is 19.4. The highest BCUT2D eigenvalue weighted by Gasteiger charge is 2.25. The van der Waals surface area contributed by atoms with E-state index in [4.69, 9.17) is 25.8 Å². The van der Waals surface area contributed by atoms with Gasteiger partial charge in [0.05, 0.1) is 30.3 Å². The van der Waals surface area contributed by atoms with Crippen molar-refractivity contribution in [1.29, 1.82) is 0 Å². The molecule has 1 aromatic carbocycles. The first kappa shape index (κ1) is 19.3. The number of esters is 1. The molecule has 1 heterocycles. The van der Waals surface area contributed by atoms with Gasteiger partial charge in [-0.1, -0.05) is 11.6 Å². The predicted octanol–water partition coefficient (Wildman–Crippen LogP) is 1.40. The number of ether oxygens (including phenoxy) is 3. The van der Waals surface area contributed by atoms with Crippen LogP contribution >= 0.6 is 11.6 Å². The molecule has 1 aliphatic carbocycles. The molecule has 1 saturated carbocycles. The van der Waals surface area contributed by atoms with Crippen molar-refractivity contribution in [2.45, 2.75) is 25.3 Å². The van der Waals surface area contributed by atoms with Gasteiger partial charge in [-0.25, -0.2) is 4.79 Å². The summed E-state index contributed by atoms with van der Waals surface area (Å²) in [6, 6.07) is 3.11. The van der Waals surface area contributed by atoms with Gasteiger partial charge in [-0.15, -0.1) is 0 Å². The number of amides is 2. The fraction of sp³-hybridized carbons (Fsp3) is 0.500. The molecule has 0 bridgehead atoms. The number of likely N-dealkylation sites (N-methyl/N-ethyl adjacent to an activating group) is 1. The molecule has 0 unspecified atom stereocenters. The maximum Gasteiger partial charge on any atom is 0.338 e. The fourth-order valence-corrected chi connectivity index (χ4v) is 2.74. The molecule has 1 fully saturated rings. The molecule has 0 spiro atoms. The second-order valence-corrected chi connectivity index (χ2v) is 6.91. The number of hydrogen-bond acceptors (Lipinski definition) is 6. The Hall–Kier alpha value is -2.48. The van der Waals surface area contributed by atoms with Crippen LogP contribution in [0.1, 0.15) is 29.6 Å². The van der Waals surface area contributed by atoms with E-state index in [1.165, 1.54) is 24.1 Å². The standard InChI is InChI=1S/C18H21ClN2O6/c1-21(9-15(22)20-12-3-4-12)16(23)10-27-18(24)11-7-13(19)17-14(8-11)25-5-2-6-26-17/h7-8,12H,2-6,9-10H2,1H3,(H,20,22). The molecule has 0 radical (unpaired) electrons. The Balaban J connectivity index is 1.53. The second kappa shape index (κ2) is 8.47. The average Bonchev–Trinajstić information content (AvgIpc) is 3.45. The lowest BCUT2D eigenvalue weighted by Gasteiger charge is -2.17. The van der Waals surface area contributed by atoms with Crippen LogP contribution < -0.4 is 14.8 Å². The molecular formula is C18H21ClN2O6. The monoisotopic (exact) mass is 396 g/mol. The normalized spacial score (nSPS) is 15.5. The minimum absolute atomic E-state index is 0.0806. The van der Waals surface area contributed by atoms with Gasteiger partial charge in [0.15, 0.2) is 18.1 Å². The molecule has 27 heavy (non-hydrogen) atoms. The topological polar surface area (TPSA) is 94.2 Å². The van der Waals surface area contributed by atoms with E-state index in [-0.39, 0.29) is 29.1 Å². The molecule has 1 aliphatic heterocycles. The zero-order valence-corrected chi connectivity index (χ0v) is 15.7. The van der Waals surface area contributed by atoms with Crippen molar-refractivity contribution in [2.24, 2.45) is 0 Å². The smallest absolute Gasteiger partial charge is 0.338 e. The molecule has 1 N–H and O–H groups in total. The van der Waals surface area contributed by atoms with Gasteiger partial charge in [0, 0.05) is 19.5 Å². The predicted molar refractivity (Wildman–Crippen MR) is 96.1 cm³/mol. The Morgan fingerprint density at radius 3 is 2.74 bits per heavy atom. The van der Waals surface area contributed by atoms with Crippen molar-refractivity contribution >= 4 is 29.4 Å². The first-order valence-electron chi connectivity index (χ1n) is 8.73. The highest BCUT2D eigenvalue weighted by atomic mass is 35.5. The SMILES string of the molecule is CN(CC(=O)NC1CC1)C(=O)COC(=O)c1cc(Cl)c2c(c1)OCCCO2. The van der Waals surface area contributed by atoms with Gasteiger partial charge in [-0.2, -0.15) is 0 Å². The number of carbonyl (C=O) groups is 3. The summed E-state index contributed by atoms with van der Waals surface area (Å²) in [6.45, 7) is 0.376. The highest BCUT2D eigenvalue weighted by Crippen LogP contribution is 2.38. The van der Waals surface area contributed by atoms with Crippen LogP contribution in [0.25, 0.3) is 0 Å². The number of nitrogens with zero attached hydrogens (tertiary/aromatic N) is 1. The maximum absolute atomic E-state index is 12.2. The van der Waals surface area contributed by atoms with E-state index in [9.17, 15) is 14.4 Å². The second-order valence-electron chi connectivity index (χ2n) is 6.50. The van der Waals surface area contributed by atoms with Crippen molar-refractivity contribution in [3.63, 3.8) is 0 Å². The van der Waals surface area contributed by atoms with E-state index in [1.807, 2.05) is 0 Å². The fourth-order valence-electron chi connectivity index (χ4n) is 2.47. The van der Waals surface area contributed by atoms with Gasteiger partial charge in [0.2, 0.25) is 5.91 Å². The molecule has 3 rings (SSSR count). The van der Waals surface area contributed by atoms with Crippen LogP contribution in [0, 0.1) is 0 Å².